The van der Waals surface area contributed by atoms with Crippen molar-refractivity contribution >= 4 is 16.9 Å². The average Bonchev–Trinajstić information content (AvgIpc) is 2.85. The first-order valence-corrected chi connectivity index (χ1v) is 5.37. The molecule has 0 bridgehead atoms. The van der Waals surface area contributed by atoms with Crippen molar-refractivity contribution in [1.82, 2.24) is 15.0 Å². The zero-order valence-corrected chi connectivity index (χ0v) is 9.29. The lowest BCUT2D eigenvalue weighted by molar-refractivity contribution is 0.0691. The molecule has 0 fully saturated rings. The number of hydrogen-bond acceptors (Lipinski definition) is 3. The Labute approximate surface area is 102 Å². The minimum absolute atomic E-state index is 0.0385. The van der Waals surface area contributed by atoms with Crippen LogP contribution in [0.5, 0.6) is 0 Å². The van der Waals surface area contributed by atoms with E-state index in [0.29, 0.717) is 5.69 Å². The minimum Gasteiger partial charge on any atom is -0.476 e. The summed E-state index contributed by atoms with van der Waals surface area (Å²) in [6.07, 6.45) is 4.70. The fourth-order valence-electron chi connectivity index (χ4n) is 1.90. The van der Waals surface area contributed by atoms with E-state index in [1.165, 1.54) is 12.4 Å². The lowest BCUT2D eigenvalue weighted by atomic mass is 10.1. The first-order chi connectivity index (χ1) is 8.75. The predicted molar refractivity (Wildman–Crippen MR) is 66.3 cm³/mol. The first kappa shape index (κ1) is 10.5. The molecule has 0 spiro atoms. The average molecular weight is 239 g/mol. The maximum absolute atomic E-state index is 11.1. The molecule has 0 amide bonds. The summed E-state index contributed by atoms with van der Waals surface area (Å²) in [5.41, 5.74) is 2.01. The number of rotatable bonds is 2. The fraction of sp³-hybridized carbons (Fsp3) is 0. The molecule has 0 saturated carbocycles. The van der Waals surface area contributed by atoms with Crippen molar-refractivity contribution in [2.24, 2.45) is 0 Å². The molecule has 5 nitrogen and oxygen atoms in total. The molecule has 0 atom stereocenters. The van der Waals surface area contributed by atoms with Crippen molar-refractivity contribution in [3.05, 3.63) is 48.5 Å². The molecular formula is C13H9N3O2. The normalized spacial score (nSPS) is 10.7. The Morgan fingerprint density at radius 2 is 2.00 bits per heavy atom. The van der Waals surface area contributed by atoms with Gasteiger partial charge in [0.05, 0.1) is 0 Å². The highest BCUT2D eigenvalue weighted by atomic mass is 16.4. The molecule has 18 heavy (non-hydrogen) atoms. The van der Waals surface area contributed by atoms with Crippen LogP contribution in [0.1, 0.15) is 10.5 Å². The van der Waals surface area contributed by atoms with Crippen LogP contribution in [0.4, 0.5) is 0 Å². The molecule has 2 aromatic heterocycles. The maximum Gasteiger partial charge on any atom is 0.356 e. The number of H-pyrrole nitrogens is 1. The minimum atomic E-state index is -1.08. The molecule has 88 valence electrons. The highest BCUT2D eigenvalue weighted by Gasteiger charge is 2.14. The van der Waals surface area contributed by atoms with E-state index in [2.05, 4.69) is 15.0 Å². The summed E-state index contributed by atoms with van der Waals surface area (Å²) < 4.78 is 0. The van der Waals surface area contributed by atoms with Crippen molar-refractivity contribution in [2.45, 2.75) is 0 Å². The number of benzene rings is 1. The molecule has 3 rings (SSSR count). The van der Waals surface area contributed by atoms with Crippen molar-refractivity contribution < 1.29 is 9.90 Å². The SMILES string of the molecule is O=C(O)c1nccnc1-c1ccc2cc[nH]c2c1. The monoisotopic (exact) mass is 239 g/mol. The molecule has 0 aliphatic heterocycles. The third-order valence-corrected chi connectivity index (χ3v) is 2.73. The van der Waals surface area contributed by atoms with Crippen molar-refractivity contribution in [2.75, 3.05) is 0 Å². The number of hydrogen-bond donors (Lipinski definition) is 2. The second-order valence-corrected chi connectivity index (χ2v) is 3.84. The molecule has 0 radical (unpaired) electrons. The second kappa shape index (κ2) is 3.96. The van der Waals surface area contributed by atoms with Gasteiger partial charge in [0.15, 0.2) is 5.69 Å². The van der Waals surface area contributed by atoms with Crippen LogP contribution in [0.2, 0.25) is 0 Å². The number of aromatic amines is 1. The lowest BCUT2D eigenvalue weighted by Gasteiger charge is -2.04. The Bertz CT molecular complexity index is 734. The number of aromatic carboxylic acids is 1. The van der Waals surface area contributed by atoms with Gasteiger partial charge in [0.2, 0.25) is 0 Å². The van der Waals surface area contributed by atoms with Gasteiger partial charge in [0.25, 0.3) is 0 Å². The van der Waals surface area contributed by atoms with Crippen LogP contribution >= 0.6 is 0 Å². The van der Waals surface area contributed by atoms with Crippen LogP contribution in [-0.4, -0.2) is 26.0 Å². The van der Waals surface area contributed by atoms with Gasteiger partial charge in [-0.05, 0) is 17.5 Å². The van der Waals surface area contributed by atoms with Crippen molar-refractivity contribution in [3.8, 4) is 11.3 Å². The van der Waals surface area contributed by atoms with Gasteiger partial charge in [-0.3, -0.25) is 4.98 Å². The van der Waals surface area contributed by atoms with Gasteiger partial charge < -0.3 is 10.1 Å². The number of fused-ring (bicyclic) bond motifs is 1. The number of nitrogens with zero attached hydrogens (tertiary/aromatic N) is 2. The molecule has 0 saturated heterocycles. The van der Waals surface area contributed by atoms with Gasteiger partial charge in [-0.2, -0.15) is 0 Å². The Morgan fingerprint density at radius 1 is 1.17 bits per heavy atom. The number of carboxylic acids is 1. The summed E-state index contributed by atoms with van der Waals surface area (Å²) >= 11 is 0. The third kappa shape index (κ3) is 1.62. The van der Waals surface area contributed by atoms with E-state index in [9.17, 15) is 4.79 Å². The first-order valence-electron chi connectivity index (χ1n) is 5.37. The van der Waals surface area contributed by atoms with Crippen LogP contribution in [0.3, 0.4) is 0 Å². The van der Waals surface area contributed by atoms with Crippen molar-refractivity contribution in [1.29, 1.82) is 0 Å². The summed E-state index contributed by atoms with van der Waals surface area (Å²) in [4.78, 5) is 22.1. The van der Waals surface area contributed by atoms with Gasteiger partial charge in [0, 0.05) is 29.7 Å². The lowest BCUT2D eigenvalue weighted by Crippen LogP contribution is -2.04. The van der Waals surface area contributed by atoms with Crippen LogP contribution in [0, 0.1) is 0 Å². The molecule has 0 unspecified atom stereocenters. The van der Waals surface area contributed by atoms with Gasteiger partial charge >= 0.3 is 5.97 Å². The molecule has 3 aromatic rings. The van der Waals surface area contributed by atoms with E-state index < -0.39 is 5.97 Å². The Balaban J connectivity index is 2.22. The van der Waals surface area contributed by atoms with Crippen molar-refractivity contribution in [3.63, 3.8) is 0 Å². The van der Waals surface area contributed by atoms with E-state index in [-0.39, 0.29) is 5.69 Å². The van der Waals surface area contributed by atoms with Gasteiger partial charge in [-0.25, -0.2) is 9.78 Å². The molecule has 2 heterocycles. The summed E-state index contributed by atoms with van der Waals surface area (Å²) in [6.45, 7) is 0. The molecule has 0 aliphatic carbocycles. The highest BCUT2D eigenvalue weighted by Crippen LogP contribution is 2.23. The summed E-state index contributed by atoms with van der Waals surface area (Å²) in [5.74, 6) is -1.08. The molecule has 2 N–H and O–H groups in total. The molecule has 0 aliphatic rings. The second-order valence-electron chi connectivity index (χ2n) is 3.84. The maximum atomic E-state index is 11.1. The number of aromatic nitrogens is 3. The smallest absolute Gasteiger partial charge is 0.356 e. The Hall–Kier alpha value is -2.69. The largest absolute Gasteiger partial charge is 0.476 e. The number of nitrogens with one attached hydrogen (secondary N) is 1. The van der Waals surface area contributed by atoms with Gasteiger partial charge in [-0.1, -0.05) is 12.1 Å². The number of carboxylic acid groups (broad SMARTS) is 1. The Kier molecular flexibility index (Phi) is 2.30. The van der Waals surface area contributed by atoms with Crippen LogP contribution < -0.4 is 0 Å². The fourth-order valence-corrected chi connectivity index (χ4v) is 1.90. The molecular weight excluding hydrogens is 230 g/mol. The van der Waals surface area contributed by atoms with Gasteiger partial charge in [0.1, 0.15) is 5.69 Å². The topological polar surface area (TPSA) is 78.9 Å². The molecule has 1 aromatic carbocycles. The van der Waals surface area contributed by atoms with Gasteiger partial charge in [-0.15, -0.1) is 0 Å². The zero-order valence-electron chi connectivity index (χ0n) is 9.29. The zero-order chi connectivity index (χ0) is 12.5. The Morgan fingerprint density at radius 3 is 2.83 bits per heavy atom. The quantitative estimate of drug-likeness (QED) is 0.719. The van der Waals surface area contributed by atoms with Crippen LogP contribution in [0.15, 0.2) is 42.9 Å². The van der Waals surface area contributed by atoms with E-state index in [1.807, 2.05) is 30.5 Å². The van der Waals surface area contributed by atoms with Crippen LogP contribution in [-0.2, 0) is 0 Å². The molecule has 5 heteroatoms. The summed E-state index contributed by atoms with van der Waals surface area (Å²) in [6, 6.07) is 7.58. The van der Waals surface area contributed by atoms with Crippen LogP contribution in [0.25, 0.3) is 22.2 Å². The van der Waals surface area contributed by atoms with E-state index in [1.54, 1.807) is 0 Å². The van der Waals surface area contributed by atoms with E-state index in [0.717, 1.165) is 16.5 Å². The van der Waals surface area contributed by atoms with E-state index in [4.69, 9.17) is 5.11 Å². The third-order valence-electron chi connectivity index (χ3n) is 2.73. The number of carbonyl (C=O) groups is 1. The summed E-state index contributed by atoms with van der Waals surface area (Å²) in [5, 5.41) is 10.2. The van der Waals surface area contributed by atoms with E-state index >= 15 is 0 Å². The summed E-state index contributed by atoms with van der Waals surface area (Å²) in [7, 11) is 0. The predicted octanol–water partition coefficient (Wildman–Crippen LogP) is 2.32. The standard InChI is InChI=1S/C13H9N3O2/c17-13(18)12-11(15-5-6-16-12)9-2-1-8-3-4-14-10(8)7-9/h1-7,14H,(H,17,18). The highest BCUT2D eigenvalue weighted by molar-refractivity contribution is 5.94.